The fraction of sp³-hybridized carbons (Fsp3) is 0.810. The topological polar surface area (TPSA) is 141 Å². The van der Waals surface area contributed by atoms with E-state index in [0.29, 0.717) is 6.42 Å². The number of carboxylic acids is 3. The summed E-state index contributed by atoms with van der Waals surface area (Å²) in [6.45, 7) is 0. The number of amides is 1. The number of carbonyl (C=O) groups is 4. The van der Waals surface area contributed by atoms with Crippen molar-refractivity contribution in [3.8, 4) is 0 Å². The molecule has 0 fully saturated rings. The van der Waals surface area contributed by atoms with Crippen molar-refractivity contribution in [3.63, 3.8) is 0 Å². The molecule has 0 rings (SSSR count). The van der Waals surface area contributed by atoms with E-state index in [0.717, 1.165) is 38.5 Å². The third-order valence-corrected chi connectivity index (χ3v) is 4.82. The lowest BCUT2D eigenvalue weighted by atomic mass is 10.0. The number of nitrogens with one attached hydrogen (secondary N) is 1. The van der Waals surface area contributed by atoms with Crippen molar-refractivity contribution in [2.75, 3.05) is 0 Å². The van der Waals surface area contributed by atoms with E-state index in [-0.39, 0.29) is 31.6 Å². The van der Waals surface area contributed by atoms with Gasteiger partial charge in [-0.05, 0) is 19.3 Å². The highest BCUT2D eigenvalue weighted by molar-refractivity contribution is 5.83. The van der Waals surface area contributed by atoms with Gasteiger partial charge in [0, 0.05) is 19.3 Å². The summed E-state index contributed by atoms with van der Waals surface area (Å²) in [6.07, 6.45) is 12.7. The molecule has 8 nitrogen and oxygen atoms in total. The summed E-state index contributed by atoms with van der Waals surface area (Å²) in [7, 11) is 0. The van der Waals surface area contributed by atoms with Crippen LogP contribution in [0.5, 0.6) is 0 Å². The van der Waals surface area contributed by atoms with E-state index in [4.69, 9.17) is 15.3 Å². The molecular weight excluding hydrogens is 378 g/mol. The maximum absolute atomic E-state index is 11.8. The molecule has 0 aromatic carbocycles. The van der Waals surface area contributed by atoms with Gasteiger partial charge < -0.3 is 20.6 Å². The minimum Gasteiger partial charge on any atom is -0.481 e. The highest BCUT2D eigenvalue weighted by atomic mass is 16.4. The molecule has 0 bridgehead atoms. The quantitative estimate of drug-likeness (QED) is 0.220. The smallest absolute Gasteiger partial charge is 0.326 e. The number of aliphatic carboxylic acids is 3. The first-order valence-electron chi connectivity index (χ1n) is 10.8. The molecule has 4 N–H and O–H groups in total. The van der Waals surface area contributed by atoms with Gasteiger partial charge in [-0.1, -0.05) is 64.2 Å². The fourth-order valence-corrected chi connectivity index (χ4v) is 3.12. The van der Waals surface area contributed by atoms with Crippen molar-refractivity contribution >= 4 is 23.8 Å². The minimum absolute atomic E-state index is 0.112. The zero-order chi connectivity index (χ0) is 21.9. The van der Waals surface area contributed by atoms with Crippen LogP contribution in [0, 0.1) is 0 Å². The van der Waals surface area contributed by atoms with Crippen molar-refractivity contribution < 1.29 is 34.5 Å². The number of hydrogen-bond acceptors (Lipinski definition) is 4. The first-order valence-corrected chi connectivity index (χ1v) is 10.8. The fourth-order valence-electron chi connectivity index (χ4n) is 3.12. The summed E-state index contributed by atoms with van der Waals surface area (Å²) in [5.41, 5.74) is 0. The van der Waals surface area contributed by atoms with Gasteiger partial charge >= 0.3 is 17.9 Å². The molecule has 0 saturated carbocycles. The number of hydrogen-bond donors (Lipinski definition) is 4. The van der Waals surface area contributed by atoms with Crippen LogP contribution in [0.25, 0.3) is 0 Å². The van der Waals surface area contributed by atoms with Gasteiger partial charge in [-0.2, -0.15) is 0 Å². The second-order valence-corrected chi connectivity index (χ2v) is 7.53. The molecule has 0 saturated heterocycles. The van der Waals surface area contributed by atoms with Crippen molar-refractivity contribution in [2.24, 2.45) is 0 Å². The minimum atomic E-state index is -1.21. The molecule has 168 valence electrons. The van der Waals surface area contributed by atoms with Crippen molar-refractivity contribution in [1.82, 2.24) is 5.32 Å². The largest absolute Gasteiger partial charge is 0.481 e. The lowest BCUT2D eigenvalue weighted by molar-refractivity contribution is -0.143. The van der Waals surface area contributed by atoms with E-state index in [1.54, 1.807) is 0 Å². The van der Waals surface area contributed by atoms with Crippen LogP contribution in [-0.4, -0.2) is 45.2 Å². The number of carboxylic acid groups (broad SMARTS) is 3. The predicted molar refractivity (Wildman–Crippen MR) is 109 cm³/mol. The first-order chi connectivity index (χ1) is 13.8. The molecule has 0 aliphatic carbocycles. The van der Waals surface area contributed by atoms with Gasteiger partial charge in [0.25, 0.3) is 0 Å². The van der Waals surface area contributed by atoms with Crippen molar-refractivity contribution in [3.05, 3.63) is 0 Å². The molecule has 1 atom stereocenters. The Kier molecular flexibility index (Phi) is 16.6. The van der Waals surface area contributed by atoms with Crippen LogP contribution in [-0.2, 0) is 19.2 Å². The number of rotatable bonds is 20. The Hall–Kier alpha value is -2.12. The summed E-state index contributed by atoms with van der Waals surface area (Å²) in [5, 5.41) is 28.6. The maximum Gasteiger partial charge on any atom is 0.326 e. The third kappa shape index (κ3) is 19.0. The SMILES string of the molecule is O=C(O)CCCCCCCCCCCCCCC(=O)N[C@@H](CCC(=O)O)C(=O)O. The second-order valence-electron chi connectivity index (χ2n) is 7.53. The Bertz CT molecular complexity index is 493. The Morgan fingerprint density at radius 3 is 1.31 bits per heavy atom. The average molecular weight is 416 g/mol. The van der Waals surface area contributed by atoms with Gasteiger partial charge in [0.05, 0.1) is 0 Å². The summed E-state index contributed by atoms with van der Waals surface area (Å²) in [5.74, 6) is -3.35. The van der Waals surface area contributed by atoms with Gasteiger partial charge in [-0.15, -0.1) is 0 Å². The van der Waals surface area contributed by atoms with Crippen LogP contribution in [0.1, 0.15) is 103 Å². The second kappa shape index (κ2) is 17.9. The molecule has 1 amide bonds. The number of carbonyl (C=O) groups excluding carboxylic acids is 1. The normalized spacial score (nSPS) is 11.7. The van der Waals surface area contributed by atoms with Gasteiger partial charge in [-0.3, -0.25) is 14.4 Å². The molecule has 0 heterocycles. The van der Waals surface area contributed by atoms with E-state index in [2.05, 4.69) is 5.32 Å². The Morgan fingerprint density at radius 2 is 0.931 bits per heavy atom. The molecule has 0 radical (unpaired) electrons. The molecule has 0 aromatic heterocycles. The Labute approximate surface area is 173 Å². The first kappa shape index (κ1) is 26.9. The van der Waals surface area contributed by atoms with Crippen LogP contribution in [0.15, 0.2) is 0 Å². The zero-order valence-corrected chi connectivity index (χ0v) is 17.4. The van der Waals surface area contributed by atoms with E-state index < -0.39 is 23.9 Å². The van der Waals surface area contributed by atoms with Crippen molar-refractivity contribution in [1.29, 1.82) is 0 Å². The molecule has 0 aliphatic heterocycles. The molecule has 0 aromatic rings. The summed E-state index contributed by atoms with van der Waals surface area (Å²) in [4.78, 5) is 43.7. The standard InChI is InChI=1S/C21H37NO7/c23-18(22-17(21(28)29)15-16-20(26)27)13-11-9-7-5-3-1-2-4-6-8-10-12-14-19(24)25/h17H,1-16H2,(H,22,23)(H,24,25)(H,26,27)(H,28,29)/t17-/m0/s1. The van der Waals surface area contributed by atoms with Crippen LogP contribution in [0.4, 0.5) is 0 Å². The lowest BCUT2D eigenvalue weighted by Gasteiger charge is -2.13. The molecule has 8 heteroatoms. The zero-order valence-electron chi connectivity index (χ0n) is 17.4. The van der Waals surface area contributed by atoms with E-state index in [9.17, 15) is 19.2 Å². The number of unbranched alkanes of at least 4 members (excludes halogenated alkanes) is 11. The highest BCUT2D eigenvalue weighted by Gasteiger charge is 2.20. The molecule has 0 unspecified atom stereocenters. The highest BCUT2D eigenvalue weighted by Crippen LogP contribution is 2.13. The predicted octanol–water partition coefficient (Wildman–Crippen LogP) is 3.97. The van der Waals surface area contributed by atoms with Crippen LogP contribution in [0.3, 0.4) is 0 Å². The van der Waals surface area contributed by atoms with Gasteiger partial charge in [0.2, 0.25) is 5.91 Å². The van der Waals surface area contributed by atoms with Gasteiger partial charge in [0.1, 0.15) is 6.04 Å². The maximum atomic E-state index is 11.8. The van der Waals surface area contributed by atoms with E-state index in [1.165, 1.54) is 32.1 Å². The van der Waals surface area contributed by atoms with Crippen molar-refractivity contribution in [2.45, 2.75) is 109 Å². The van der Waals surface area contributed by atoms with Gasteiger partial charge in [0.15, 0.2) is 0 Å². The van der Waals surface area contributed by atoms with E-state index in [1.807, 2.05) is 0 Å². The summed E-state index contributed by atoms with van der Waals surface area (Å²) in [6, 6.07) is -1.14. The average Bonchev–Trinajstić information content (AvgIpc) is 2.64. The van der Waals surface area contributed by atoms with Crippen LogP contribution >= 0.6 is 0 Å². The Balaban J connectivity index is 3.48. The van der Waals surface area contributed by atoms with E-state index >= 15 is 0 Å². The lowest BCUT2D eigenvalue weighted by Crippen LogP contribution is -2.41. The third-order valence-electron chi connectivity index (χ3n) is 4.82. The molecular formula is C21H37NO7. The van der Waals surface area contributed by atoms with Crippen LogP contribution < -0.4 is 5.32 Å². The monoisotopic (exact) mass is 415 g/mol. The van der Waals surface area contributed by atoms with Gasteiger partial charge in [-0.25, -0.2) is 4.79 Å². The summed E-state index contributed by atoms with van der Waals surface area (Å²) >= 11 is 0. The van der Waals surface area contributed by atoms with Crippen LogP contribution in [0.2, 0.25) is 0 Å². The molecule has 0 spiro atoms. The molecule has 0 aliphatic rings. The molecule has 29 heavy (non-hydrogen) atoms. The Morgan fingerprint density at radius 1 is 0.552 bits per heavy atom. The summed E-state index contributed by atoms with van der Waals surface area (Å²) < 4.78 is 0.